The number of hydrogen-bond donors (Lipinski definition) is 23. The molecule has 0 radical (unpaired) electrons. The SMILES string of the molecule is CC[C@H](C)[C@H](NC(=O)[C@H](CCCCN)NC(=O)[C@@H]1CCCN1C(=O)[C@@H](NC(=O)[C@@H](N)CCCN=C(N)N)[C@@H](C)O)C(=O)N[C@@H](CO)C(=O)N[C@@H](CCCCN)C(=O)N1CCC[C@H]1C(=O)N[C@H](C(=O)N[C@@H](CCCCN)C(=O)N[C@@H](Cc1ccccc1)C(=O)N[C@@H](CCC(=O)O)C(=O)N[C@@H](CC(C)C)C(=O)N[C@@H](CO)C(=O)NCC(=O)O)[C@@H](C)CC. The molecule has 2 fully saturated rings. The first kappa shape index (κ1) is 104. The van der Waals surface area contributed by atoms with Gasteiger partial charge in [-0.2, -0.15) is 0 Å². The molecule has 0 spiro atoms. The molecule has 14 amide bonds. The van der Waals surface area contributed by atoms with Crippen LogP contribution in [0, 0.1) is 17.8 Å². The minimum absolute atomic E-state index is 0.000882. The van der Waals surface area contributed by atoms with E-state index >= 15 is 0 Å². The average molecular weight is 1700 g/mol. The fraction of sp³-hybridized carbons (Fsp3) is 0.705. The maximum absolute atomic E-state index is 14.9. The van der Waals surface area contributed by atoms with Crippen LogP contribution in [-0.2, 0) is 83.1 Å². The van der Waals surface area contributed by atoms with Crippen molar-refractivity contribution >= 4 is 101 Å². The minimum atomic E-state index is -1.74. The molecule has 29 N–H and O–H groups in total. The number of aliphatic carboxylic acids is 2. The highest BCUT2D eigenvalue weighted by Gasteiger charge is 2.44. The van der Waals surface area contributed by atoms with Crippen LogP contribution >= 0.6 is 0 Å². The molecule has 0 saturated carbocycles. The molecule has 1 aromatic rings. The van der Waals surface area contributed by atoms with Crippen molar-refractivity contribution in [3.63, 3.8) is 0 Å². The molecule has 120 heavy (non-hydrogen) atoms. The molecule has 1 aromatic carbocycles. The minimum Gasteiger partial charge on any atom is -0.481 e. The Kier molecular flexibility index (Phi) is 47.5. The number of aliphatic hydroxyl groups excluding tert-OH is 3. The van der Waals surface area contributed by atoms with Crippen LogP contribution < -0.4 is 98.2 Å². The van der Waals surface area contributed by atoms with Gasteiger partial charge in [-0.15, -0.1) is 0 Å². The van der Waals surface area contributed by atoms with Crippen LogP contribution in [0.25, 0.3) is 0 Å². The van der Waals surface area contributed by atoms with Gasteiger partial charge in [0.15, 0.2) is 5.96 Å². The number of rotatable bonds is 57. The third kappa shape index (κ3) is 35.6. The number of carbonyl (C=O) groups excluding carboxylic acids is 14. The summed E-state index contributed by atoms with van der Waals surface area (Å²) in [6.07, 6.45) is 0.784. The van der Waals surface area contributed by atoms with Crippen molar-refractivity contribution in [2.45, 2.75) is 274 Å². The number of aliphatic imine (C=N–C) groups is 1. The second-order valence-electron chi connectivity index (χ2n) is 31.0. The summed E-state index contributed by atoms with van der Waals surface area (Å²) in [4.78, 5) is 229. The quantitative estimate of drug-likeness (QED) is 0.0164. The molecule has 2 heterocycles. The number of benzene rings is 1. The summed E-state index contributed by atoms with van der Waals surface area (Å²) in [5.74, 6) is -17.0. The van der Waals surface area contributed by atoms with Crippen molar-refractivity contribution in [3.05, 3.63) is 35.9 Å². The number of carbonyl (C=O) groups is 16. The van der Waals surface area contributed by atoms with Crippen LogP contribution in [0.2, 0.25) is 0 Å². The smallest absolute Gasteiger partial charge is 0.322 e. The summed E-state index contributed by atoms with van der Waals surface area (Å²) in [6, 6.07) is -11.8. The van der Waals surface area contributed by atoms with Gasteiger partial charge in [0, 0.05) is 32.5 Å². The number of carboxylic acids is 2. The van der Waals surface area contributed by atoms with Crippen LogP contribution in [0.5, 0.6) is 0 Å². The van der Waals surface area contributed by atoms with Crippen molar-refractivity contribution in [3.8, 4) is 0 Å². The lowest BCUT2D eigenvalue weighted by molar-refractivity contribution is -0.144. The number of hydrogen-bond acceptors (Lipinski definition) is 24. The summed E-state index contributed by atoms with van der Waals surface area (Å²) < 4.78 is 0. The summed E-state index contributed by atoms with van der Waals surface area (Å²) in [7, 11) is 0. The molecule has 3 rings (SSSR count). The van der Waals surface area contributed by atoms with E-state index < -0.39 is 230 Å². The van der Waals surface area contributed by atoms with Gasteiger partial charge >= 0.3 is 11.9 Å². The van der Waals surface area contributed by atoms with E-state index in [2.05, 4.69) is 63.5 Å². The Morgan fingerprint density at radius 3 is 1.38 bits per heavy atom. The predicted octanol–water partition coefficient (Wildman–Crippen LogP) is -6.12. The number of carboxylic acid groups (broad SMARTS) is 2. The molecule has 42 nitrogen and oxygen atoms in total. The molecule has 17 atom stereocenters. The molecule has 0 unspecified atom stereocenters. The van der Waals surface area contributed by atoms with Gasteiger partial charge in [-0.3, -0.25) is 81.7 Å². The van der Waals surface area contributed by atoms with Gasteiger partial charge in [-0.1, -0.05) is 84.7 Å². The Labute approximate surface area is 699 Å². The number of guanidine groups is 1. The molecule has 2 aliphatic heterocycles. The lowest BCUT2D eigenvalue weighted by Crippen LogP contribution is -2.62. The van der Waals surface area contributed by atoms with Gasteiger partial charge in [0.1, 0.15) is 85.1 Å². The maximum Gasteiger partial charge on any atom is 0.322 e. The number of nitrogens with two attached hydrogens (primary N) is 6. The first-order valence-electron chi connectivity index (χ1n) is 41.4. The Hall–Kier alpha value is -10.3. The molecular weight excluding hydrogens is 1570 g/mol. The highest BCUT2D eigenvalue weighted by Crippen LogP contribution is 2.24. The number of likely N-dealkylation sites (tertiary alicyclic amines) is 2. The lowest BCUT2D eigenvalue weighted by Gasteiger charge is -2.32. The molecule has 0 bridgehead atoms. The summed E-state index contributed by atoms with van der Waals surface area (Å²) >= 11 is 0. The van der Waals surface area contributed by atoms with Gasteiger partial charge in [0.25, 0.3) is 0 Å². The predicted molar refractivity (Wildman–Crippen MR) is 439 cm³/mol. The van der Waals surface area contributed by atoms with Gasteiger partial charge in [-0.05, 0) is 159 Å². The lowest BCUT2D eigenvalue weighted by atomic mass is 9.96. The van der Waals surface area contributed by atoms with Crippen LogP contribution in [0.15, 0.2) is 35.3 Å². The zero-order valence-corrected chi connectivity index (χ0v) is 70.1. The highest BCUT2D eigenvalue weighted by molar-refractivity contribution is 6.01. The fourth-order valence-corrected chi connectivity index (χ4v) is 13.6. The van der Waals surface area contributed by atoms with E-state index in [1.807, 2.05) is 5.32 Å². The fourth-order valence-electron chi connectivity index (χ4n) is 13.6. The van der Waals surface area contributed by atoms with Crippen LogP contribution in [0.1, 0.15) is 182 Å². The van der Waals surface area contributed by atoms with Crippen molar-refractivity contribution < 1.29 is 102 Å². The zero-order chi connectivity index (χ0) is 89.9. The summed E-state index contributed by atoms with van der Waals surface area (Å²) in [5, 5.41) is 80.9. The summed E-state index contributed by atoms with van der Waals surface area (Å²) in [6.45, 7) is 9.43. The van der Waals surface area contributed by atoms with E-state index in [9.17, 15) is 97.1 Å². The molecular formula is C78H133N21O21. The van der Waals surface area contributed by atoms with Crippen molar-refractivity contribution in [1.82, 2.24) is 73.6 Å². The van der Waals surface area contributed by atoms with Crippen molar-refractivity contribution in [2.75, 3.05) is 59.0 Å². The second-order valence-corrected chi connectivity index (χ2v) is 31.0. The third-order valence-electron chi connectivity index (χ3n) is 20.9. The summed E-state index contributed by atoms with van der Waals surface area (Å²) in [5.41, 5.74) is 34.9. The molecule has 42 heteroatoms. The number of amides is 14. The van der Waals surface area contributed by atoms with Crippen LogP contribution in [0.3, 0.4) is 0 Å². The topological polar surface area (TPSA) is 694 Å². The monoisotopic (exact) mass is 1700 g/mol. The molecule has 0 aliphatic carbocycles. The van der Waals surface area contributed by atoms with E-state index in [-0.39, 0.29) is 135 Å². The Bertz CT molecular complexity index is 3560. The van der Waals surface area contributed by atoms with Crippen molar-refractivity contribution in [2.24, 2.45) is 57.1 Å². The second kappa shape index (κ2) is 54.8. The molecule has 0 aromatic heterocycles. The number of nitrogens with one attached hydrogen (secondary N) is 12. The third-order valence-corrected chi connectivity index (χ3v) is 20.9. The highest BCUT2D eigenvalue weighted by atomic mass is 16.4. The van der Waals surface area contributed by atoms with Crippen LogP contribution in [0.4, 0.5) is 0 Å². The molecule has 2 saturated heterocycles. The largest absolute Gasteiger partial charge is 0.481 e. The van der Waals surface area contributed by atoms with E-state index in [0.717, 1.165) is 0 Å². The Morgan fingerprint density at radius 1 is 0.458 bits per heavy atom. The van der Waals surface area contributed by atoms with Gasteiger partial charge in [0.2, 0.25) is 82.7 Å². The number of unbranched alkanes of at least 4 members (excludes halogenated alkanes) is 3. The number of aliphatic hydroxyl groups is 3. The molecule has 676 valence electrons. The standard InChI is InChI=1S/C78H133N21O21/c1-8-44(5)61(95-68(111)50(26-14-17-33-80)88-72(115)57-28-21-37-99(57)77(120)63(46(7)102)97-64(107)48(82)24-19-35-85-78(83)84)75(118)94-56(42-101)71(114)90-52(27-15-18-34-81)76(119)98-36-20-29-58(98)73(116)96-62(45(6)9-2)74(117)89-49(25-13-16-32-79)66(109)92-54(39-47-22-11-10-12-23-47)70(113)87-51(30-31-59(103)104)67(110)91-53(38-43(3)4)69(112)93-55(41-100)65(108)86-40-60(105)106/h10-12,22-23,43-46,48-58,61-63,100-102H,8-9,13-21,24-42,79-82H2,1-7H3,(H,86,108)(H,87,113)(H,88,115)(H,89,117)(H,90,114)(H,91,110)(H,92,109)(H,93,112)(H,94,118)(H,95,111)(H,96,116)(H,97,107)(H,103,104)(H,105,106)(H4,83,84,85)/t44-,45-,46+,48-,49-,50-,51-,52-,53-,54-,55-,56-,57-,58-,61-,62-,63-/m0/s1. The van der Waals surface area contributed by atoms with E-state index in [1.165, 1.54) is 16.7 Å². The Morgan fingerprint density at radius 2 is 0.875 bits per heavy atom. The average Bonchev–Trinajstić information content (AvgIpc) is 1.62. The van der Waals surface area contributed by atoms with E-state index in [0.29, 0.717) is 44.1 Å². The van der Waals surface area contributed by atoms with E-state index in [1.54, 1.807) is 71.9 Å². The maximum atomic E-state index is 14.9. The van der Waals surface area contributed by atoms with Crippen LogP contribution in [-0.4, -0.2) is 286 Å². The zero-order valence-electron chi connectivity index (χ0n) is 70.1. The van der Waals surface area contributed by atoms with E-state index in [4.69, 9.17) is 39.5 Å². The Balaban J connectivity index is 1.91. The first-order chi connectivity index (χ1) is 56.9. The first-order valence-corrected chi connectivity index (χ1v) is 41.4. The van der Waals surface area contributed by atoms with Gasteiger partial charge in [0.05, 0.1) is 25.4 Å². The number of nitrogens with zero attached hydrogens (tertiary/aromatic N) is 3. The van der Waals surface area contributed by atoms with Gasteiger partial charge < -0.3 is 134 Å². The molecule has 2 aliphatic rings. The van der Waals surface area contributed by atoms with Crippen molar-refractivity contribution in [1.29, 1.82) is 0 Å². The normalized spacial score (nSPS) is 17.6. The van der Waals surface area contributed by atoms with Gasteiger partial charge in [-0.25, -0.2) is 0 Å².